The number of halogens is 1. The molecule has 3 aliphatic rings. The molecule has 3 heterocycles. The summed E-state index contributed by atoms with van der Waals surface area (Å²) in [4.78, 5) is 17.5. The van der Waals surface area contributed by atoms with Gasteiger partial charge in [0.15, 0.2) is 0 Å². The van der Waals surface area contributed by atoms with Gasteiger partial charge in [0.1, 0.15) is 5.82 Å². The van der Waals surface area contributed by atoms with E-state index in [0.717, 1.165) is 64.2 Å². The molecule has 0 saturated carbocycles. The van der Waals surface area contributed by atoms with Gasteiger partial charge in [0.05, 0.1) is 0 Å². The Morgan fingerprint density at radius 2 is 1.79 bits per heavy atom. The Bertz CT molecular complexity index is 667. The molecule has 7 heteroatoms. The van der Waals surface area contributed by atoms with Crippen LogP contribution in [0.15, 0.2) is 24.3 Å². The Labute approximate surface area is 166 Å². The summed E-state index contributed by atoms with van der Waals surface area (Å²) < 4.78 is 13.1. The number of amides is 1. The first-order valence-electron chi connectivity index (χ1n) is 10.5. The van der Waals surface area contributed by atoms with Gasteiger partial charge in [-0.25, -0.2) is 9.18 Å². The largest absolute Gasteiger partial charge is 0.465 e. The van der Waals surface area contributed by atoms with Crippen LogP contribution in [0.25, 0.3) is 0 Å². The molecule has 2 N–H and O–H groups in total. The molecule has 0 aliphatic carbocycles. The Kier molecular flexibility index (Phi) is 5.73. The fourth-order valence-corrected chi connectivity index (χ4v) is 5.01. The molecule has 1 spiro atoms. The van der Waals surface area contributed by atoms with Gasteiger partial charge in [-0.3, -0.25) is 4.90 Å². The number of anilines is 1. The molecule has 1 aromatic rings. The predicted molar refractivity (Wildman–Crippen MR) is 107 cm³/mol. The maximum Gasteiger partial charge on any atom is 0.407 e. The summed E-state index contributed by atoms with van der Waals surface area (Å²) in [6, 6.07) is 7.34. The van der Waals surface area contributed by atoms with Gasteiger partial charge in [-0.05, 0) is 61.9 Å². The van der Waals surface area contributed by atoms with E-state index in [1.807, 2.05) is 12.1 Å². The molecule has 3 fully saturated rings. The number of carboxylic acid groups (broad SMARTS) is 1. The van der Waals surface area contributed by atoms with Crippen LogP contribution in [0.3, 0.4) is 0 Å². The zero-order valence-corrected chi connectivity index (χ0v) is 16.4. The van der Waals surface area contributed by atoms with Crippen LogP contribution < -0.4 is 10.2 Å². The molecule has 4 rings (SSSR count). The molecule has 3 aliphatic heterocycles. The van der Waals surface area contributed by atoms with Crippen LogP contribution in [-0.2, 0) is 0 Å². The summed E-state index contributed by atoms with van der Waals surface area (Å²) in [5.41, 5.74) is 1.41. The monoisotopic (exact) mass is 390 g/mol. The number of piperazine rings is 1. The van der Waals surface area contributed by atoms with Gasteiger partial charge in [-0.15, -0.1) is 0 Å². The van der Waals surface area contributed by atoms with Crippen molar-refractivity contribution in [3.8, 4) is 0 Å². The van der Waals surface area contributed by atoms with Crippen molar-refractivity contribution < 1.29 is 14.3 Å². The summed E-state index contributed by atoms with van der Waals surface area (Å²) in [7, 11) is 0. The van der Waals surface area contributed by atoms with Crippen LogP contribution in [0.5, 0.6) is 0 Å². The van der Waals surface area contributed by atoms with Crippen LogP contribution >= 0.6 is 0 Å². The van der Waals surface area contributed by atoms with E-state index in [1.165, 1.54) is 18.6 Å². The van der Waals surface area contributed by atoms with Crippen LogP contribution in [0.4, 0.5) is 14.9 Å². The second-order valence-corrected chi connectivity index (χ2v) is 8.65. The van der Waals surface area contributed by atoms with Crippen LogP contribution in [0, 0.1) is 11.2 Å². The molecule has 1 atom stereocenters. The van der Waals surface area contributed by atoms with Crippen molar-refractivity contribution in [3.05, 3.63) is 30.1 Å². The third-order valence-electron chi connectivity index (χ3n) is 6.90. The SMILES string of the molecule is O=C(O)N1CCC2(CC1)CN[C@@H](CCN1CCN(c3ccc(F)cc3)CC1)C2. The van der Waals surface area contributed by atoms with Gasteiger partial charge in [0.2, 0.25) is 0 Å². The first-order valence-corrected chi connectivity index (χ1v) is 10.5. The minimum atomic E-state index is -0.780. The summed E-state index contributed by atoms with van der Waals surface area (Å²) >= 11 is 0. The Balaban J connectivity index is 1.18. The van der Waals surface area contributed by atoms with Crippen molar-refractivity contribution >= 4 is 11.8 Å². The molecule has 1 amide bonds. The molecule has 28 heavy (non-hydrogen) atoms. The first-order chi connectivity index (χ1) is 13.5. The van der Waals surface area contributed by atoms with E-state index in [-0.39, 0.29) is 5.82 Å². The van der Waals surface area contributed by atoms with E-state index in [0.29, 0.717) is 24.5 Å². The molecule has 0 bridgehead atoms. The van der Waals surface area contributed by atoms with Gasteiger partial charge in [-0.1, -0.05) is 0 Å². The van der Waals surface area contributed by atoms with E-state index in [2.05, 4.69) is 15.1 Å². The first kappa shape index (κ1) is 19.5. The molecule has 6 nitrogen and oxygen atoms in total. The van der Waals surface area contributed by atoms with E-state index in [9.17, 15) is 9.18 Å². The average molecular weight is 391 g/mol. The molecule has 154 valence electrons. The topological polar surface area (TPSA) is 59.1 Å². The maximum absolute atomic E-state index is 13.1. The second kappa shape index (κ2) is 8.25. The molecule has 0 radical (unpaired) electrons. The van der Waals surface area contributed by atoms with Crippen molar-refractivity contribution in [2.24, 2.45) is 5.41 Å². The molecule has 0 unspecified atom stereocenters. The van der Waals surface area contributed by atoms with E-state index < -0.39 is 6.09 Å². The number of nitrogens with zero attached hydrogens (tertiary/aromatic N) is 3. The van der Waals surface area contributed by atoms with Crippen LogP contribution in [-0.4, -0.2) is 79.4 Å². The zero-order chi connectivity index (χ0) is 19.6. The normalized spacial score (nSPS) is 25.4. The van der Waals surface area contributed by atoms with E-state index in [1.54, 1.807) is 4.90 Å². The Morgan fingerprint density at radius 3 is 2.43 bits per heavy atom. The van der Waals surface area contributed by atoms with E-state index >= 15 is 0 Å². The van der Waals surface area contributed by atoms with Crippen LogP contribution in [0.1, 0.15) is 25.7 Å². The number of hydrogen-bond acceptors (Lipinski definition) is 4. The number of piperidine rings is 1. The number of likely N-dealkylation sites (tertiary alicyclic amines) is 1. The fraction of sp³-hybridized carbons (Fsp3) is 0.667. The molecule has 0 aromatic heterocycles. The lowest BCUT2D eigenvalue weighted by Gasteiger charge is -2.38. The number of nitrogens with one attached hydrogen (secondary N) is 1. The minimum Gasteiger partial charge on any atom is -0.465 e. The number of benzene rings is 1. The standard InChI is InChI=1S/C21H31FN4O2/c22-17-1-3-19(4-2-17)25-13-11-24(12-14-25)8-5-18-15-21(16-23-18)6-9-26(10-7-21)20(27)28/h1-4,18,23H,5-16H2,(H,27,28)/t18-/m0/s1. The summed E-state index contributed by atoms with van der Waals surface area (Å²) in [5.74, 6) is -0.183. The fourth-order valence-electron chi connectivity index (χ4n) is 5.01. The Morgan fingerprint density at radius 1 is 1.11 bits per heavy atom. The van der Waals surface area contributed by atoms with Gasteiger partial charge < -0.3 is 20.2 Å². The predicted octanol–water partition coefficient (Wildman–Crippen LogP) is 2.46. The lowest BCUT2D eigenvalue weighted by Crippen LogP contribution is -2.47. The number of rotatable bonds is 4. The summed E-state index contributed by atoms with van der Waals surface area (Å²) in [6.45, 7) is 7.54. The highest BCUT2D eigenvalue weighted by Crippen LogP contribution is 2.40. The quantitative estimate of drug-likeness (QED) is 0.827. The second-order valence-electron chi connectivity index (χ2n) is 8.65. The summed E-state index contributed by atoms with van der Waals surface area (Å²) in [6.07, 6.45) is 3.52. The highest BCUT2D eigenvalue weighted by molar-refractivity contribution is 5.65. The zero-order valence-electron chi connectivity index (χ0n) is 16.4. The van der Waals surface area contributed by atoms with Crippen molar-refractivity contribution in [1.82, 2.24) is 15.1 Å². The van der Waals surface area contributed by atoms with Gasteiger partial charge in [0, 0.05) is 57.5 Å². The van der Waals surface area contributed by atoms with Crippen molar-refractivity contribution in [2.75, 3.05) is 57.3 Å². The van der Waals surface area contributed by atoms with Gasteiger partial charge in [0.25, 0.3) is 0 Å². The number of carbonyl (C=O) groups is 1. The molecule has 3 saturated heterocycles. The maximum atomic E-state index is 13.1. The van der Waals surface area contributed by atoms with Crippen molar-refractivity contribution in [2.45, 2.75) is 31.7 Å². The molecular weight excluding hydrogens is 359 g/mol. The molecular formula is C21H31FN4O2. The van der Waals surface area contributed by atoms with Gasteiger partial charge in [-0.2, -0.15) is 0 Å². The Hall–Kier alpha value is -1.86. The number of hydrogen-bond donors (Lipinski definition) is 2. The third-order valence-corrected chi connectivity index (χ3v) is 6.90. The average Bonchev–Trinajstić information content (AvgIpc) is 3.10. The highest BCUT2D eigenvalue weighted by atomic mass is 19.1. The highest BCUT2D eigenvalue weighted by Gasteiger charge is 2.41. The molecule has 1 aromatic carbocycles. The van der Waals surface area contributed by atoms with Crippen molar-refractivity contribution in [1.29, 1.82) is 0 Å². The van der Waals surface area contributed by atoms with Gasteiger partial charge >= 0.3 is 6.09 Å². The lowest BCUT2D eigenvalue weighted by molar-refractivity contribution is 0.0964. The smallest absolute Gasteiger partial charge is 0.407 e. The van der Waals surface area contributed by atoms with E-state index in [4.69, 9.17) is 5.11 Å². The lowest BCUT2D eigenvalue weighted by atomic mass is 9.76. The van der Waals surface area contributed by atoms with Crippen LogP contribution in [0.2, 0.25) is 0 Å². The third kappa shape index (κ3) is 4.41. The minimum absolute atomic E-state index is 0.183. The summed E-state index contributed by atoms with van der Waals surface area (Å²) in [5, 5.41) is 12.8. The van der Waals surface area contributed by atoms with Crippen molar-refractivity contribution in [3.63, 3.8) is 0 Å².